The molecule has 0 saturated heterocycles. The molecule has 0 amide bonds. The molecule has 0 aromatic heterocycles. The number of hydrogen-bond donors (Lipinski definition) is 0. The van der Waals surface area contributed by atoms with Crippen LogP contribution in [0, 0.1) is 0 Å². The van der Waals surface area contributed by atoms with Crippen molar-refractivity contribution < 1.29 is 33.2 Å². The Morgan fingerprint density at radius 2 is 1.47 bits per heavy atom. The molecule has 0 atom stereocenters. The number of carbonyl (C=O) groups excluding carboxylic acids is 1. The highest BCUT2D eigenvalue weighted by atomic mass is 16.7. The summed E-state index contributed by atoms with van der Waals surface area (Å²) in [6, 6.07) is 8.72. The summed E-state index contributed by atoms with van der Waals surface area (Å²) in [5, 5.41) is 0. The smallest absolute Gasteiger partial charge is 0.197 e. The molecule has 7 heteroatoms. The van der Waals surface area contributed by atoms with Crippen LogP contribution in [0.2, 0.25) is 0 Å². The van der Waals surface area contributed by atoms with Crippen molar-refractivity contribution in [3.63, 3.8) is 0 Å². The molecular formula is C23H30O7. The number of ether oxygens (including phenoxy) is 6. The lowest BCUT2D eigenvalue weighted by Gasteiger charge is -2.21. The molecule has 0 radical (unpaired) electrons. The number of benzene rings is 2. The Bertz CT molecular complexity index is 815. The molecule has 0 bridgehead atoms. The molecule has 2 aromatic carbocycles. The van der Waals surface area contributed by atoms with Crippen LogP contribution in [0.15, 0.2) is 30.3 Å². The molecule has 164 valence electrons. The molecule has 2 aromatic rings. The molecule has 0 aliphatic rings. The zero-order valence-electron chi connectivity index (χ0n) is 18.3. The first kappa shape index (κ1) is 23.7. The van der Waals surface area contributed by atoms with Crippen LogP contribution < -0.4 is 14.2 Å². The van der Waals surface area contributed by atoms with E-state index < -0.39 is 0 Å². The third-order valence-corrected chi connectivity index (χ3v) is 4.63. The van der Waals surface area contributed by atoms with E-state index in [1.54, 1.807) is 51.7 Å². The molecule has 30 heavy (non-hydrogen) atoms. The lowest BCUT2D eigenvalue weighted by molar-refractivity contribution is 0.0450. The van der Waals surface area contributed by atoms with Crippen molar-refractivity contribution in [3.05, 3.63) is 52.6 Å². The van der Waals surface area contributed by atoms with Crippen molar-refractivity contribution in [2.24, 2.45) is 0 Å². The second kappa shape index (κ2) is 12.2. The topological polar surface area (TPSA) is 72.5 Å². The highest BCUT2D eigenvalue weighted by Gasteiger charge is 2.25. The molecule has 2 rings (SSSR count). The van der Waals surface area contributed by atoms with Gasteiger partial charge in [0.1, 0.15) is 17.2 Å². The molecule has 0 N–H and O–H groups in total. The maximum atomic E-state index is 13.5. The highest BCUT2D eigenvalue weighted by molar-refractivity contribution is 6.12. The van der Waals surface area contributed by atoms with E-state index in [2.05, 4.69) is 0 Å². The first-order chi connectivity index (χ1) is 14.6. The second-order valence-electron chi connectivity index (χ2n) is 6.46. The summed E-state index contributed by atoms with van der Waals surface area (Å²) >= 11 is 0. The third-order valence-electron chi connectivity index (χ3n) is 4.63. The number of carbonyl (C=O) groups is 1. The Balaban J connectivity index is 2.65. The van der Waals surface area contributed by atoms with Gasteiger partial charge in [0.05, 0.1) is 19.3 Å². The van der Waals surface area contributed by atoms with Crippen molar-refractivity contribution in [1.82, 2.24) is 0 Å². The minimum atomic E-state index is -0.150. The maximum absolute atomic E-state index is 13.5. The summed E-state index contributed by atoms with van der Waals surface area (Å²) in [6.07, 6.45) is 1.20. The highest BCUT2D eigenvalue weighted by Crippen LogP contribution is 2.36. The minimum Gasteiger partial charge on any atom is -0.497 e. The molecule has 0 aliphatic heterocycles. The number of rotatable bonds is 13. The van der Waals surface area contributed by atoms with E-state index in [1.807, 2.05) is 6.92 Å². The third kappa shape index (κ3) is 5.72. The van der Waals surface area contributed by atoms with E-state index >= 15 is 0 Å². The number of hydrogen-bond acceptors (Lipinski definition) is 7. The van der Waals surface area contributed by atoms with Gasteiger partial charge in [0.2, 0.25) is 0 Å². The van der Waals surface area contributed by atoms with E-state index in [4.69, 9.17) is 28.4 Å². The summed E-state index contributed by atoms with van der Waals surface area (Å²) in [5.74, 6) is 1.54. The number of ketones is 1. The Morgan fingerprint density at radius 1 is 0.833 bits per heavy atom. The normalized spacial score (nSPS) is 10.7. The quantitative estimate of drug-likeness (QED) is 0.363. The fourth-order valence-electron chi connectivity index (χ4n) is 3.22. The molecule has 0 heterocycles. The van der Waals surface area contributed by atoms with E-state index in [-0.39, 0.29) is 19.4 Å². The molecule has 0 fully saturated rings. The Labute approximate surface area is 177 Å². The first-order valence-electron chi connectivity index (χ1n) is 9.71. The average molecular weight is 418 g/mol. The number of methoxy groups -OCH3 is 4. The predicted molar refractivity (Wildman–Crippen MR) is 113 cm³/mol. The van der Waals surface area contributed by atoms with E-state index in [1.165, 1.54) is 7.11 Å². The van der Waals surface area contributed by atoms with Gasteiger partial charge >= 0.3 is 0 Å². The standard InChI is InChI=1S/C23H30O7/c1-6-18-19(11-12-25-2)22(23(24)16-7-9-17(28-5)10-8-16)21(30-15-27-4)13-20(18)29-14-26-3/h7-10,13H,6,11-12,14-15H2,1-5H3. The van der Waals surface area contributed by atoms with Crippen molar-refractivity contribution in [2.45, 2.75) is 19.8 Å². The van der Waals surface area contributed by atoms with E-state index in [9.17, 15) is 4.79 Å². The van der Waals surface area contributed by atoms with Crippen LogP contribution in [-0.2, 0) is 27.1 Å². The maximum Gasteiger partial charge on any atom is 0.197 e. The van der Waals surface area contributed by atoms with Crippen LogP contribution in [0.5, 0.6) is 17.2 Å². The van der Waals surface area contributed by atoms with E-state index in [0.717, 1.165) is 11.1 Å². The van der Waals surface area contributed by atoms with Gasteiger partial charge in [-0.25, -0.2) is 0 Å². The zero-order chi connectivity index (χ0) is 21.9. The molecule has 0 spiro atoms. The predicted octanol–water partition coefficient (Wildman–Crippen LogP) is 3.64. The SMILES string of the molecule is CCc1c(OCOC)cc(OCOC)c(C(=O)c2ccc(OC)cc2)c1CCOC. The average Bonchev–Trinajstić information content (AvgIpc) is 2.79. The monoisotopic (exact) mass is 418 g/mol. The summed E-state index contributed by atoms with van der Waals surface area (Å²) in [6.45, 7) is 2.56. The Morgan fingerprint density at radius 3 is 2.00 bits per heavy atom. The Hall–Kier alpha value is -2.61. The van der Waals surface area contributed by atoms with Gasteiger partial charge in [-0.3, -0.25) is 4.79 Å². The first-order valence-corrected chi connectivity index (χ1v) is 9.71. The summed E-state index contributed by atoms with van der Waals surface area (Å²) < 4.78 is 32.2. The van der Waals surface area contributed by atoms with Gasteiger partial charge in [0, 0.05) is 33.0 Å². The van der Waals surface area contributed by atoms with Crippen LogP contribution in [0.25, 0.3) is 0 Å². The van der Waals surface area contributed by atoms with Gasteiger partial charge in [-0.15, -0.1) is 0 Å². The molecular weight excluding hydrogens is 388 g/mol. The lowest BCUT2D eigenvalue weighted by atomic mass is 9.90. The van der Waals surface area contributed by atoms with Crippen molar-refractivity contribution >= 4 is 5.78 Å². The largest absolute Gasteiger partial charge is 0.497 e. The van der Waals surface area contributed by atoms with Crippen LogP contribution in [0.3, 0.4) is 0 Å². The second-order valence-corrected chi connectivity index (χ2v) is 6.46. The summed E-state index contributed by atoms with van der Waals surface area (Å²) in [5.41, 5.74) is 2.77. The van der Waals surface area contributed by atoms with Crippen molar-refractivity contribution in [1.29, 1.82) is 0 Å². The van der Waals surface area contributed by atoms with Crippen molar-refractivity contribution in [2.75, 3.05) is 48.6 Å². The lowest BCUT2D eigenvalue weighted by Crippen LogP contribution is -2.15. The van der Waals surface area contributed by atoms with Gasteiger partial charge in [0.25, 0.3) is 0 Å². The zero-order valence-corrected chi connectivity index (χ0v) is 18.3. The molecule has 7 nitrogen and oxygen atoms in total. The molecule has 0 saturated carbocycles. The van der Waals surface area contributed by atoms with Crippen LogP contribution in [0.4, 0.5) is 0 Å². The fourth-order valence-corrected chi connectivity index (χ4v) is 3.22. The van der Waals surface area contributed by atoms with Gasteiger partial charge in [-0.05, 0) is 48.2 Å². The van der Waals surface area contributed by atoms with E-state index in [0.29, 0.717) is 47.8 Å². The van der Waals surface area contributed by atoms with Gasteiger partial charge in [-0.1, -0.05) is 6.92 Å². The molecule has 0 aliphatic carbocycles. The summed E-state index contributed by atoms with van der Waals surface area (Å²) in [7, 11) is 6.30. The Kier molecular flexibility index (Phi) is 9.60. The van der Waals surface area contributed by atoms with Gasteiger partial charge < -0.3 is 28.4 Å². The van der Waals surface area contributed by atoms with Gasteiger partial charge in [0.15, 0.2) is 19.4 Å². The fraction of sp³-hybridized carbons (Fsp3) is 0.435. The van der Waals surface area contributed by atoms with Crippen LogP contribution in [0.1, 0.15) is 34.0 Å². The van der Waals surface area contributed by atoms with Crippen LogP contribution >= 0.6 is 0 Å². The molecule has 0 unspecified atom stereocenters. The summed E-state index contributed by atoms with van der Waals surface area (Å²) in [4.78, 5) is 13.5. The van der Waals surface area contributed by atoms with Gasteiger partial charge in [-0.2, -0.15) is 0 Å². The van der Waals surface area contributed by atoms with Crippen molar-refractivity contribution in [3.8, 4) is 17.2 Å². The van der Waals surface area contributed by atoms with Crippen LogP contribution in [-0.4, -0.2) is 54.4 Å². The minimum absolute atomic E-state index is 0.00179.